The molecule has 1 nitrogen and oxygen atoms in total. The average Bonchev–Trinajstić information content (AvgIpc) is 2.94. The number of carbonyl (C=O) groups excluding carboxylic acids is 1. The number of hydrogen-bond donors (Lipinski definition) is 0. The summed E-state index contributed by atoms with van der Waals surface area (Å²) in [6.45, 7) is 3.90. The van der Waals surface area contributed by atoms with Gasteiger partial charge in [0.2, 0.25) is 0 Å². The van der Waals surface area contributed by atoms with E-state index in [2.05, 4.69) is 6.92 Å². The second-order valence-corrected chi connectivity index (χ2v) is 4.39. The minimum absolute atomic E-state index is 0.115. The Kier molecular flexibility index (Phi) is 2.59. The number of benzene rings is 1. The lowest BCUT2D eigenvalue weighted by molar-refractivity contribution is 0.0960. The molecule has 2 unspecified atom stereocenters. The molecule has 0 radical (unpaired) electrons. The van der Waals surface area contributed by atoms with Crippen LogP contribution in [-0.2, 0) is 0 Å². The zero-order valence-electron chi connectivity index (χ0n) is 9.09. The van der Waals surface area contributed by atoms with E-state index in [0.29, 0.717) is 11.5 Å². The van der Waals surface area contributed by atoms with Crippen LogP contribution in [0.4, 0.5) is 4.39 Å². The molecule has 0 bridgehead atoms. The molecule has 2 rings (SSSR count). The van der Waals surface area contributed by atoms with Crippen molar-refractivity contribution in [3.8, 4) is 0 Å². The summed E-state index contributed by atoms with van der Waals surface area (Å²) in [6, 6.07) is 4.57. The summed E-state index contributed by atoms with van der Waals surface area (Å²) in [4.78, 5) is 11.9. The smallest absolute Gasteiger partial charge is 0.166 e. The molecule has 0 saturated heterocycles. The van der Waals surface area contributed by atoms with Crippen LogP contribution in [0.2, 0.25) is 0 Å². The Labute approximate surface area is 89.3 Å². The fourth-order valence-corrected chi connectivity index (χ4v) is 2.11. The molecule has 1 aromatic carbocycles. The second kappa shape index (κ2) is 3.76. The molecule has 2 heteroatoms. The largest absolute Gasteiger partial charge is 0.294 e. The van der Waals surface area contributed by atoms with E-state index in [9.17, 15) is 9.18 Å². The van der Waals surface area contributed by atoms with Gasteiger partial charge in [0.05, 0.1) is 0 Å². The van der Waals surface area contributed by atoms with Gasteiger partial charge in [0.1, 0.15) is 5.82 Å². The second-order valence-electron chi connectivity index (χ2n) is 4.39. The van der Waals surface area contributed by atoms with Crippen molar-refractivity contribution in [3.63, 3.8) is 0 Å². The highest BCUT2D eigenvalue weighted by molar-refractivity contribution is 5.99. The van der Waals surface area contributed by atoms with Gasteiger partial charge in [0.15, 0.2) is 5.78 Å². The third-order valence-corrected chi connectivity index (χ3v) is 3.11. The Balaban J connectivity index is 2.19. The Bertz CT molecular complexity index is 377. The molecule has 0 aliphatic heterocycles. The van der Waals surface area contributed by atoms with Crippen LogP contribution in [-0.4, -0.2) is 5.78 Å². The van der Waals surface area contributed by atoms with Gasteiger partial charge in [-0.1, -0.05) is 13.3 Å². The van der Waals surface area contributed by atoms with Crippen molar-refractivity contribution in [2.45, 2.75) is 26.7 Å². The van der Waals surface area contributed by atoms with Crippen molar-refractivity contribution in [3.05, 3.63) is 35.1 Å². The number of hydrogen-bond acceptors (Lipinski definition) is 1. The van der Waals surface area contributed by atoms with Crippen LogP contribution < -0.4 is 0 Å². The van der Waals surface area contributed by atoms with Gasteiger partial charge in [-0.25, -0.2) is 4.39 Å². The first-order valence-corrected chi connectivity index (χ1v) is 5.43. The van der Waals surface area contributed by atoms with Crippen LogP contribution in [0.1, 0.15) is 35.7 Å². The lowest BCUT2D eigenvalue weighted by atomic mass is 10.0. The molecule has 1 aliphatic carbocycles. The molecule has 1 saturated carbocycles. The first-order chi connectivity index (χ1) is 7.11. The molecule has 1 aliphatic rings. The van der Waals surface area contributed by atoms with E-state index in [0.717, 1.165) is 18.4 Å². The van der Waals surface area contributed by atoms with E-state index in [1.807, 2.05) is 6.92 Å². The summed E-state index contributed by atoms with van der Waals surface area (Å²) in [6.07, 6.45) is 2.02. The summed E-state index contributed by atoms with van der Waals surface area (Å²) in [7, 11) is 0. The number of carbonyl (C=O) groups is 1. The van der Waals surface area contributed by atoms with Gasteiger partial charge >= 0.3 is 0 Å². The standard InChI is InChI=1S/C13H15FO/c1-3-9-7-12(9)13(15)10-4-8(2)5-11(14)6-10/h4-6,9,12H,3,7H2,1-2H3. The van der Waals surface area contributed by atoms with Crippen molar-refractivity contribution >= 4 is 5.78 Å². The molecule has 0 amide bonds. The van der Waals surface area contributed by atoms with E-state index in [-0.39, 0.29) is 17.5 Å². The van der Waals surface area contributed by atoms with Crippen LogP contribution in [0.3, 0.4) is 0 Å². The van der Waals surface area contributed by atoms with E-state index in [1.54, 1.807) is 6.07 Å². The van der Waals surface area contributed by atoms with E-state index >= 15 is 0 Å². The van der Waals surface area contributed by atoms with Gasteiger partial charge in [0, 0.05) is 11.5 Å². The van der Waals surface area contributed by atoms with Crippen molar-refractivity contribution in [2.75, 3.05) is 0 Å². The van der Waals surface area contributed by atoms with Crippen LogP contribution in [0.25, 0.3) is 0 Å². The molecule has 80 valence electrons. The zero-order valence-corrected chi connectivity index (χ0v) is 9.09. The monoisotopic (exact) mass is 206 g/mol. The summed E-state index contributed by atoms with van der Waals surface area (Å²) < 4.78 is 13.1. The van der Waals surface area contributed by atoms with E-state index < -0.39 is 0 Å². The van der Waals surface area contributed by atoms with Gasteiger partial charge in [0.25, 0.3) is 0 Å². The zero-order chi connectivity index (χ0) is 11.0. The predicted molar refractivity (Wildman–Crippen MR) is 57.4 cm³/mol. The maximum Gasteiger partial charge on any atom is 0.166 e. The number of rotatable bonds is 3. The molecule has 15 heavy (non-hydrogen) atoms. The molecule has 2 atom stereocenters. The summed E-state index contributed by atoms with van der Waals surface area (Å²) >= 11 is 0. The Morgan fingerprint density at radius 3 is 2.73 bits per heavy atom. The quantitative estimate of drug-likeness (QED) is 0.693. The third kappa shape index (κ3) is 2.09. The van der Waals surface area contributed by atoms with Crippen molar-refractivity contribution in [2.24, 2.45) is 11.8 Å². The molecular formula is C13H15FO. The third-order valence-electron chi connectivity index (χ3n) is 3.11. The maximum absolute atomic E-state index is 13.1. The Morgan fingerprint density at radius 1 is 1.47 bits per heavy atom. The summed E-state index contributed by atoms with van der Waals surface area (Å²) in [5.41, 5.74) is 1.35. The lowest BCUT2D eigenvalue weighted by Gasteiger charge is -2.02. The van der Waals surface area contributed by atoms with Crippen molar-refractivity contribution < 1.29 is 9.18 Å². The number of Topliss-reactive ketones (excluding diaryl/α,β-unsaturated/α-hetero) is 1. The van der Waals surface area contributed by atoms with Gasteiger partial charge in [-0.05, 0) is 43.0 Å². The summed E-state index contributed by atoms with van der Waals surface area (Å²) in [5, 5.41) is 0. The number of halogens is 1. The molecular weight excluding hydrogens is 191 g/mol. The number of aryl methyl sites for hydroxylation is 1. The van der Waals surface area contributed by atoms with Crippen LogP contribution in [0.15, 0.2) is 18.2 Å². The van der Waals surface area contributed by atoms with Crippen LogP contribution in [0.5, 0.6) is 0 Å². The first-order valence-electron chi connectivity index (χ1n) is 5.43. The molecule has 0 N–H and O–H groups in total. The average molecular weight is 206 g/mol. The van der Waals surface area contributed by atoms with E-state index in [1.165, 1.54) is 12.1 Å². The fourth-order valence-electron chi connectivity index (χ4n) is 2.11. The minimum Gasteiger partial charge on any atom is -0.294 e. The molecule has 0 aromatic heterocycles. The first kappa shape index (κ1) is 10.3. The van der Waals surface area contributed by atoms with Crippen molar-refractivity contribution in [1.82, 2.24) is 0 Å². The van der Waals surface area contributed by atoms with Crippen LogP contribution in [0, 0.1) is 24.6 Å². The van der Waals surface area contributed by atoms with Crippen LogP contribution >= 0.6 is 0 Å². The van der Waals surface area contributed by atoms with E-state index in [4.69, 9.17) is 0 Å². The van der Waals surface area contributed by atoms with Crippen molar-refractivity contribution in [1.29, 1.82) is 0 Å². The fraction of sp³-hybridized carbons (Fsp3) is 0.462. The minimum atomic E-state index is -0.313. The highest BCUT2D eigenvalue weighted by atomic mass is 19.1. The highest BCUT2D eigenvalue weighted by Crippen LogP contribution is 2.43. The van der Waals surface area contributed by atoms with Gasteiger partial charge in [-0.3, -0.25) is 4.79 Å². The normalized spacial score (nSPS) is 23.9. The Morgan fingerprint density at radius 2 is 2.20 bits per heavy atom. The molecule has 0 heterocycles. The van der Waals surface area contributed by atoms with Gasteiger partial charge in [-0.2, -0.15) is 0 Å². The SMILES string of the molecule is CCC1CC1C(=O)c1cc(C)cc(F)c1. The molecule has 1 aromatic rings. The summed E-state index contributed by atoms with van der Waals surface area (Å²) in [5.74, 6) is 0.480. The highest BCUT2D eigenvalue weighted by Gasteiger charge is 2.41. The maximum atomic E-state index is 13.1. The molecule has 0 spiro atoms. The van der Waals surface area contributed by atoms with Gasteiger partial charge in [-0.15, -0.1) is 0 Å². The van der Waals surface area contributed by atoms with Gasteiger partial charge < -0.3 is 0 Å². The Hall–Kier alpha value is -1.18. The lowest BCUT2D eigenvalue weighted by Crippen LogP contribution is -2.04. The predicted octanol–water partition coefficient (Wildman–Crippen LogP) is 3.36. The topological polar surface area (TPSA) is 17.1 Å². The molecule has 1 fully saturated rings. The number of ketones is 1.